The SMILES string of the molecule is CSCOc1ccc(C(=O)c2cnn(C)c2O)c(Cl)c1N=S1(=O)CCCCC1. The van der Waals surface area contributed by atoms with Crippen LogP contribution in [0.4, 0.5) is 5.69 Å². The van der Waals surface area contributed by atoms with Gasteiger partial charge in [0.2, 0.25) is 11.7 Å². The fraction of sp³-hybridized carbons (Fsp3) is 0.444. The highest BCUT2D eigenvalue weighted by molar-refractivity contribution is 7.98. The van der Waals surface area contributed by atoms with E-state index < -0.39 is 15.5 Å². The van der Waals surface area contributed by atoms with Crippen LogP contribution in [0.5, 0.6) is 11.6 Å². The fourth-order valence-corrected chi connectivity index (χ4v) is 5.76. The Morgan fingerprint density at radius 2 is 2.07 bits per heavy atom. The van der Waals surface area contributed by atoms with Crippen LogP contribution in [0, 0.1) is 0 Å². The van der Waals surface area contributed by atoms with Gasteiger partial charge in [0, 0.05) is 24.1 Å². The van der Waals surface area contributed by atoms with E-state index in [4.69, 9.17) is 16.3 Å². The highest BCUT2D eigenvalue weighted by Crippen LogP contribution is 2.41. The third-order valence-corrected chi connectivity index (χ3v) is 7.60. The van der Waals surface area contributed by atoms with Crippen LogP contribution in [0.15, 0.2) is 22.7 Å². The zero-order valence-corrected chi connectivity index (χ0v) is 18.1. The van der Waals surface area contributed by atoms with Crippen molar-refractivity contribution in [2.75, 3.05) is 23.7 Å². The van der Waals surface area contributed by atoms with Crippen LogP contribution in [0.2, 0.25) is 5.02 Å². The monoisotopic (exact) mass is 443 g/mol. The normalized spacial score (nSPS) is 16.0. The summed E-state index contributed by atoms with van der Waals surface area (Å²) in [4.78, 5) is 12.9. The maximum absolute atomic E-state index is 13.1. The van der Waals surface area contributed by atoms with E-state index in [-0.39, 0.29) is 27.7 Å². The molecule has 0 atom stereocenters. The number of ketones is 1. The molecule has 1 aromatic heterocycles. The van der Waals surface area contributed by atoms with Crippen LogP contribution in [-0.2, 0) is 16.8 Å². The molecular formula is C18H22ClN3O4S2. The summed E-state index contributed by atoms with van der Waals surface area (Å²) < 4.78 is 24.5. The summed E-state index contributed by atoms with van der Waals surface area (Å²) in [5.74, 6) is 1.04. The van der Waals surface area contributed by atoms with Crippen molar-refractivity contribution in [1.29, 1.82) is 0 Å². The van der Waals surface area contributed by atoms with Crippen LogP contribution in [0.1, 0.15) is 35.2 Å². The number of ether oxygens (including phenoxy) is 1. The predicted molar refractivity (Wildman–Crippen MR) is 113 cm³/mol. The van der Waals surface area contributed by atoms with Crippen molar-refractivity contribution in [3.63, 3.8) is 0 Å². The molecule has 0 bridgehead atoms. The summed E-state index contributed by atoms with van der Waals surface area (Å²) in [6.45, 7) is 0. The van der Waals surface area contributed by atoms with Gasteiger partial charge in [0.1, 0.15) is 22.9 Å². The molecule has 1 aliphatic heterocycles. The van der Waals surface area contributed by atoms with Crippen LogP contribution in [0.25, 0.3) is 0 Å². The number of aromatic hydroxyl groups is 1. The van der Waals surface area contributed by atoms with Gasteiger partial charge in [-0.05, 0) is 31.2 Å². The minimum absolute atomic E-state index is 0.0370. The Kier molecular flexibility index (Phi) is 6.57. The topological polar surface area (TPSA) is 93.8 Å². The first-order valence-electron chi connectivity index (χ1n) is 8.79. The van der Waals surface area contributed by atoms with E-state index in [1.54, 1.807) is 6.07 Å². The summed E-state index contributed by atoms with van der Waals surface area (Å²) in [6, 6.07) is 3.13. The quantitative estimate of drug-likeness (QED) is 0.535. The molecule has 10 heteroatoms. The number of rotatable bonds is 6. The molecule has 28 heavy (non-hydrogen) atoms. The number of aromatic nitrogens is 2. The summed E-state index contributed by atoms with van der Waals surface area (Å²) in [5, 5.41) is 14.0. The Hall–Kier alpha value is -1.71. The van der Waals surface area contributed by atoms with Crippen molar-refractivity contribution < 1.29 is 18.8 Å². The minimum Gasteiger partial charge on any atom is -0.493 e. The van der Waals surface area contributed by atoms with E-state index in [2.05, 4.69) is 9.46 Å². The van der Waals surface area contributed by atoms with E-state index in [0.717, 1.165) is 19.3 Å². The summed E-state index contributed by atoms with van der Waals surface area (Å²) in [7, 11) is -0.919. The number of hydrogen-bond donors (Lipinski definition) is 1. The lowest BCUT2D eigenvalue weighted by molar-refractivity contribution is 0.103. The molecule has 0 spiro atoms. The van der Waals surface area contributed by atoms with E-state index in [1.807, 2.05) is 6.26 Å². The minimum atomic E-state index is -2.45. The molecule has 1 aromatic carbocycles. The third kappa shape index (κ3) is 4.31. The second kappa shape index (κ2) is 8.75. The highest BCUT2D eigenvalue weighted by atomic mass is 35.5. The van der Waals surface area contributed by atoms with Crippen molar-refractivity contribution in [1.82, 2.24) is 9.78 Å². The Labute approximate surface area is 173 Å². The standard InChI is InChI=1S/C18H22ClN3O4S2/c1-22-18(24)13(10-20-22)17(23)12-6-7-14(26-11-27-2)16(15(12)19)21-28(25)8-4-3-5-9-28/h6-7,10,24H,3-5,8-9,11H2,1-2H3. The van der Waals surface area contributed by atoms with Gasteiger partial charge in [0.15, 0.2) is 0 Å². The fourth-order valence-electron chi connectivity index (χ4n) is 2.97. The molecule has 152 valence electrons. The van der Waals surface area contributed by atoms with Gasteiger partial charge in [-0.25, -0.2) is 8.89 Å². The average Bonchev–Trinajstić information content (AvgIpc) is 3.01. The van der Waals surface area contributed by atoms with Gasteiger partial charge in [-0.2, -0.15) is 9.46 Å². The van der Waals surface area contributed by atoms with E-state index >= 15 is 0 Å². The third-order valence-electron chi connectivity index (χ3n) is 4.49. The number of benzene rings is 1. The number of carbonyl (C=O) groups excluding carboxylic acids is 1. The lowest BCUT2D eigenvalue weighted by atomic mass is 10.0. The van der Waals surface area contributed by atoms with Gasteiger partial charge in [-0.3, -0.25) is 4.79 Å². The summed E-state index contributed by atoms with van der Waals surface area (Å²) >= 11 is 8.02. The Morgan fingerprint density at radius 3 is 2.68 bits per heavy atom. The first-order chi connectivity index (χ1) is 13.4. The van der Waals surface area contributed by atoms with E-state index in [0.29, 0.717) is 23.2 Å². The molecule has 1 aliphatic rings. The molecule has 7 nitrogen and oxygen atoms in total. The van der Waals surface area contributed by atoms with Gasteiger partial charge < -0.3 is 9.84 Å². The van der Waals surface area contributed by atoms with Crippen molar-refractivity contribution in [3.05, 3.63) is 34.5 Å². The number of aryl methyl sites for hydroxylation is 1. The Bertz CT molecular complexity index is 1000. The first-order valence-corrected chi connectivity index (χ1v) is 12.4. The maximum atomic E-state index is 13.1. The smallest absolute Gasteiger partial charge is 0.220 e. The van der Waals surface area contributed by atoms with Gasteiger partial charge in [0.05, 0.1) is 20.9 Å². The number of nitrogens with zero attached hydrogens (tertiary/aromatic N) is 3. The van der Waals surface area contributed by atoms with Crippen molar-refractivity contribution in [2.45, 2.75) is 19.3 Å². The molecule has 0 saturated carbocycles. The lowest BCUT2D eigenvalue weighted by Gasteiger charge is -2.17. The van der Waals surface area contributed by atoms with Crippen molar-refractivity contribution >= 4 is 44.6 Å². The number of hydrogen-bond acceptors (Lipinski definition) is 7. The molecule has 0 radical (unpaired) electrons. The molecule has 3 rings (SSSR count). The number of halogens is 1. The molecule has 0 unspecified atom stereocenters. The van der Waals surface area contributed by atoms with Gasteiger partial charge >= 0.3 is 0 Å². The highest BCUT2D eigenvalue weighted by Gasteiger charge is 2.24. The van der Waals surface area contributed by atoms with Crippen LogP contribution in [0.3, 0.4) is 0 Å². The molecule has 1 fully saturated rings. The van der Waals surface area contributed by atoms with Crippen LogP contribution in [-0.4, -0.2) is 48.6 Å². The molecule has 0 amide bonds. The molecule has 2 aromatic rings. The lowest BCUT2D eigenvalue weighted by Crippen LogP contribution is -2.16. The Balaban J connectivity index is 2.11. The summed E-state index contributed by atoms with van der Waals surface area (Å²) in [5.41, 5.74) is 0.422. The molecular weight excluding hydrogens is 422 g/mol. The van der Waals surface area contributed by atoms with Gasteiger partial charge in [-0.1, -0.05) is 18.0 Å². The number of thioether (sulfide) groups is 1. The zero-order chi connectivity index (χ0) is 20.3. The van der Waals surface area contributed by atoms with E-state index in [1.165, 1.54) is 35.8 Å². The second-order valence-corrected chi connectivity index (χ2v) is 10.2. The number of carbonyl (C=O) groups is 1. The van der Waals surface area contributed by atoms with Crippen LogP contribution >= 0.6 is 23.4 Å². The van der Waals surface area contributed by atoms with Crippen molar-refractivity contribution in [2.24, 2.45) is 11.4 Å². The maximum Gasteiger partial charge on any atom is 0.220 e. The largest absolute Gasteiger partial charge is 0.493 e. The predicted octanol–water partition coefficient (Wildman–Crippen LogP) is 3.99. The van der Waals surface area contributed by atoms with Crippen molar-refractivity contribution in [3.8, 4) is 11.6 Å². The van der Waals surface area contributed by atoms with Gasteiger partial charge in [0.25, 0.3) is 0 Å². The average molecular weight is 444 g/mol. The van der Waals surface area contributed by atoms with E-state index in [9.17, 15) is 14.1 Å². The van der Waals surface area contributed by atoms with Gasteiger partial charge in [-0.15, -0.1) is 11.8 Å². The second-order valence-electron chi connectivity index (χ2n) is 6.49. The Morgan fingerprint density at radius 1 is 1.36 bits per heavy atom. The van der Waals surface area contributed by atoms with Crippen LogP contribution < -0.4 is 4.74 Å². The molecule has 1 saturated heterocycles. The molecule has 2 heterocycles. The molecule has 0 aliphatic carbocycles. The summed E-state index contributed by atoms with van der Waals surface area (Å²) in [6.07, 6.45) is 5.91. The zero-order valence-electron chi connectivity index (χ0n) is 15.7. The first kappa shape index (κ1) is 21.0. The molecule has 1 N–H and O–H groups in total.